The molecule has 0 bridgehead atoms. The fourth-order valence-electron chi connectivity index (χ4n) is 4.50. The summed E-state index contributed by atoms with van der Waals surface area (Å²) in [4.78, 5) is 26.0. The molecule has 4 rings (SSSR count). The minimum absolute atomic E-state index is 0.0148. The Kier molecular flexibility index (Phi) is 5.81. The number of hydrogen-bond donors (Lipinski definition) is 2. The van der Waals surface area contributed by atoms with Gasteiger partial charge in [-0.2, -0.15) is 0 Å². The topological polar surface area (TPSA) is 94.1 Å². The molecule has 2 heterocycles. The van der Waals surface area contributed by atoms with Crippen LogP contribution in [0.3, 0.4) is 0 Å². The van der Waals surface area contributed by atoms with Crippen LogP contribution in [0, 0.1) is 0 Å². The number of benzene rings is 1. The average molecular weight is 413 g/mol. The molecule has 0 saturated carbocycles. The number of esters is 1. The van der Waals surface area contributed by atoms with E-state index in [1.807, 2.05) is 6.92 Å². The van der Waals surface area contributed by atoms with Crippen molar-refractivity contribution in [1.82, 2.24) is 5.32 Å². The number of phenols is 1. The maximum absolute atomic E-state index is 13.1. The molecule has 0 radical (unpaired) electrons. The maximum Gasteiger partial charge on any atom is 0.336 e. The number of ether oxygens (including phenoxy) is 3. The van der Waals surface area contributed by atoms with Gasteiger partial charge in [-0.05, 0) is 50.3 Å². The first kappa shape index (κ1) is 20.5. The number of allylic oxidation sites excluding steroid dienone is 3. The molecule has 1 saturated heterocycles. The molecule has 1 fully saturated rings. The molecule has 1 aliphatic carbocycles. The standard InChI is InChI=1S/C23H27NO6/c1-13-20(23(27)30-12-15-5-4-10-29-15)21(14-8-9-19(28-2)18(26)11-14)22-16(24-13)6-3-7-17(22)25/h8-9,11,15,21,24,26H,3-7,10,12H2,1-2H3/t15-,21+/m0/s1. The van der Waals surface area contributed by atoms with Gasteiger partial charge in [-0.3, -0.25) is 4.79 Å². The number of Topliss-reactive ketones (excluding diaryl/α,β-unsaturated/α-hetero) is 1. The second-order valence-corrected chi connectivity index (χ2v) is 7.93. The van der Waals surface area contributed by atoms with Gasteiger partial charge in [0.15, 0.2) is 17.3 Å². The van der Waals surface area contributed by atoms with Crippen LogP contribution in [0.15, 0.2) is 40.7 Å². The Morgan fingerprint density at radius 2 is 2.13 bits per heavy atom. The minimum atomic E-state index is -0.595. The molecular formula is C23H27NO6. The predicted molar refractivity (Wildman–Crippen MR) is 109 cm³/mol. The van der Waals surface area contributed by atoms with Crippen LogP contribution < -0.4 is 10.1 Å². The van der Waals surface area contributed by atoms with Crippen molar-refractivity contribution in [2.24, 2.45) is 0 Å². The van der Waals surface area contributed by atoms with E-state index in [9.17, 15) is 14.7 Å². The smallest absolute Gasteiger partial charge is 0.336 e. The lowest BCUT2D eigenvalue weighted by atomic mass is 9.75. The van der Waals surface area contributed by atoms with Gasteiger partial charge in [-0.25, -0.2) is 4.79 Å². The lowest BCUT2D eigenvalue weighted by Crippen LogP contribution is -2.35. The zero-order valence-electron chi connectivity index (χ0n) is 17.3. The highest BCUT2D eigenvalue weighted by Crippen LogP contribution is 2.44. The van der Waals surface area contributed by atoms with Crippen molar-refractivity contribution < 1.29 is 28.9 Å². The summed E-state index contributed by atoms with van der Waals surface area (Å²) in [5.41, 5.74) is 3.15. The molecule has 3 aliphatic rings. The monoisotopic (exact) mass is 413 g/mol. The van der Waals surface area contributed by atoms with Gasteiger partial charge >= 0.3 is 5.97 Å². The first-order valence-electron chi connectivity index (χ1n) is 10.4. The van der Waals surface area contributed by atoms with Crippen molar-refractivity contribution in [3.63, 3.8) is 0 Å². The summed E-state index contributed by atoms with van der Waals surface area (Å²) in [7, 11) is 1.47. The van der Waals surface area contributed by atoms with E-state index in [-0.39, 0.29) is 24.2 Å². The first-order valence-corrected chi connectivity index (χ1v) is 10.4. The van der Waals surface area contributed by atoms with Gasteiger partial charge < -0.3 is 24.6 Å². The van der Waals surface area contributed by atoms with Crippen molar-refractivity contribution >= 4 is 11.8 Å². The predicted octanol–water partition coefficient (Wildman–Crippen LogP) is 3.09. The lowest BCUT2D eigenvalue weighted by Gasteiger charge is -2.34. The summed E-state index contributed by atoms with van der Waals surface area (Å²) >= 11 is 0. The highest BCUT2D eigenvalue weighted by atomic mass is 16.6. The molecule has 30 heavy (non-hydrogen) atoms. The van der Waals surface area contributed by atoms with Crippen LogP contribution >= 0.6 is 0 Å². The number of carbonyl (C=O) groups is 2. The summed E-state index contributed by atoms with van der Waals surface area (Å²) in [6.07, 6.45) is 3.71. The number of ketones is 1. The van der Waals surface area contributed by atoms with Crippen molar-refractivity contribution in [1.29, 1.82) is 0 Å². The van der Waals surface area contributed by atoms with Crippen LogP contribution in [0.25, 0.3) is 0 Å². The summed E-state index contributed by atoms with van der Waals surface area (Å²) < 4.78 is 16.3. The Balaban J connectivity index is 1.71. The zero-order chi connectivity index (χ0) is 21.3. The number of nitrogens with one attached hydrogen (secondary N) is 1. The second-order valence-electron chi connectivity index (χ2n) is 7.93. The molecule has 2 atom stereocenters. The minimum Gasteiger partial charge on any atom is -0.504 e. The van der Waals surface area contributed by atoms with Crippen molar-refractivity contribution in [3.05, 3.63) is 46.3 Å². The molecule has 7 nitrogen and oxygen atoms in total. The summed E-state index contributed by atoms with van der Waals surface area (Å²) in [6, 6.07) is 4.98. The van der Waals surface area contributed by atoms with E-state index in [1.165, 1.54) is 7.11 Å². The van der Waals surface area contributed by atoms with Gasteiger partial charge in [0.1, 0.15) is 6.61 Å². The Morgan fingerprint density at radius 1 is 1.30 bits per heavy atom. The number of dihydropyridines is 1. The van der Waals surface area contributed by atoms with Crippen molar-refractivity contribution in [2.45, 2.75) is 51.0 Å². The SMILES string of the molecule is COc1ccc([C@@H]2C(C(=O)OC[C@@H]3CCCO3)=C(C)NC3=C2C(=O)CCC3)cc1O. The van der Waals surface area contributed by atoms with Crippen LogP contribution in [0.5, 0.6) is 11.5 Å². The number of rotatable bonds is 5. The van der Waals surface area contributed by atoms with Crippen LogP contribution in [-0.4, -0.2) is 43.3 Å². The molecule has 0 spiro atoms. The van der Waals surface area contributed by atoms with E-state index >= 15 is 0 Å². The second kappa shape index (κ2) is 8.52. The molecular weight excluding hydrogens is 386 g/mol. The van der Waals surface area contributed by atoms with Crippen LogP contribution in [0.4, 0.5) is 0 Å². The van der Waals surface area contributed by atoms with Gasteiger partial charge in [0.05, 0.1) is 18.8 Å². The largest absolute Gasteiger partial charge is 0.504 e. The van der Waals surface area contributed by atoms with Gasteiger partial charge in [0.25, 0.3) is 0 Å². The third-order valence-electron chi connectivity index (χ3n) is 5.96. The van der Waals surface area contributed by atoms with E-state index < -0.39 is 11.9 Å². The zero-order valence-corrected chi connectivity index (χ0v) is 17.3. The van der Waals surface area contributed by atoms with E-state index in [2.05, 4.69) is 5.32 Å². The summed E-state index contributed by atoms with van der Waals surface area (Å²) in [5, 5.41) is 13.6. The molecule has 2 aliphatic heterocycles. The van der Waals surface area contributed by atoms with Crippen molar-refractivity contribution in [2.75, 3.05) is 20.3 Å². The third kappa shape index (κ3) is 3.81. The van der Waals surface area contributed by atoms with Gasteiger partial charge in [0, 0.05) is 35.9 Å². The third-order valence-corrected chi connectivity index (χ3v) is 5.96. The summed E-state index contributed by atoms with van der Waals surface area (Å²) in [6.45, 7) is 2.70. The average Bonchev–Trinajstić information content (AvgIpc) is 3.25. The lowest BCUT2D eigenvalue weighted by molar-refractivity contribution is -0.142. The van der Waals surface area contributed by atoms with Gasteiger partial charge in [-0.1, -0.05) is 6.07 Å². The van der Waals surface area contributed by atoms with E-state index in [0.717, 1.165) is 31.4 Å². The Morgan fingerprint density at radius 3 is 2.83 bits per heavy atom. The van der Waals surface area contributed by atoms with Crippen LogP contribution in [0.1, 0.15) is 50.5 Å². The Labute approximate surface area is 175 Å². The highest BCUT2D eigenvalue weighted by molar-refractivity contribution is 6.03. The molecule has 1 aromatic carbocycles. The number of phenolic OH excluding ortho intramolecular Hbond substituents is 1. The van der Waals surface area contributed by atoms with Crippen LogP contribution in [0.2, 0.25) is 0 Å². The van der Waals surface area contributed by atoms with Crippen molar-refractivity contribution in [3.8, 4) is 11.5 Å². The van der Waals surface area contributed by atoms with Gasteiger partial charge in [0.2, 0.25) is 0 Å². The normalized spacial score (nSPS) is 23.9. The van der Waals surface area contributed by atoms with Crippen LogP contribution in [-0.2, 0) is 19.1 Å². The molecule has 2 N–H and O–H groups in total. The molecule has 0 amide bonds. The number of methoxy groups -OCH3 is 1. The quantitative estimate of drug-likeness (QED) is 0.717. The molecule has 0 unspecified atom stereocenters. The molecule has 1 aromatic rings. The maximum atomic E-state index is 13.1. The molecule has 7 heteroatoms. The van der Waals surface area contributed by atoms with E-state index in [0.29, 0.717) is 41.2 Å². The number of hydrogen-bond acceptors (Lipinski definition) is 7. The fraction of sp³-hybridized carbons (Fsp3) is 0.478. The summed E-state index contributed by atoms with van der Waals surface area (Å²) in [5.74, 6) is -0.756. The Bertz CT molecular complexity index is 926. The highest BCUT2D eigenvalue weighted by Gasteiger charge is 2.39. The van der Waals surface area contributed by atoms with Gasteiger partial charge in [-0.15, -0.1) is 0 Å². The molecule has 160 valence electrons. The number of carbonyl (C=O) groups excluding carboxylic acids is 2. The van der Waals surface area contributed by atoms with E-state index in [4.69, 9.17) is 14.2 Å². The Hall–Kier alpha value is -2.80. The number of aromatic hydroxyl groups is 1. The first-order chi connectivity index (χ1) is 14.5. The fourth-order valence-corrected chi connectivity index (χ4v) is 4.50. The van der Waals surface area contributed by atoms with E-state index in [1.54, 1.807) is 18.2 Å². The molecule has 0 aromatic heterocycles.